The third kappa shape index (κ3) is 6.13. The van der Waals surface area contributed by atoms with E-state index in [2.05, 4.69) is 10.6 Å². The van der Waals surface area contributed by atoms with Crippen LogP contribution in [0.15, 0.2) is 72.8 Å². The number of carbonyl (C=O) groups excluding carboxylic acids is 2. The summed E-state index contributed by atoms with van der Waals surface area (Å²) in [5.41, 5.74) is 9.92. The van der Waals surface area contributed by atoms with Crippen molar-refractivity contribution in [2.45, 2.75) is 20.3 Å². The van der Waals surface area contributed by atoms with E-state index in [-0.39, 0.29) is 38.0 Å². The monoisotopic (exact) mass is 548 g/mol. The number of anilines is 3. The van der Waals surface area contributed by atoms with Crippen molar-refractivity contribution in [3.63, 3.8) is 0 Å². The van der Waals surface area contributed by atoms with Gasteiger partial charge < -0.3 is 30.3 Å². The van der Waals surface area contributed by atoms with Crippen LogP contribution in [0.3, 0.4) is 0 Å². The average molecular weight is 549 g/mol. The van der Waals surface area contributed by atoms with Crippen molar-refractivity contribution in [1.29, 1.82) is 0 Å². The quantitative estimate of drug-likeness (QED) is 0.232. The van der Waals surface area contributed by atoms with E-state index in [1.54, 1.807) is 44.0 Å². The molecule has 4 rings (SSSR count). The van der Waals surface area contributed by atoms with E-state index >= 15 is 0 Å². The van der Waals surface area contributed by atoms with E-state index in [1.807, 2.05) is 54.6 Å². The molecule has 0 aliphatic carbocycles. The first kappa shape index (κ1) is 28.3. The molecule has 1 aliphatic heterocycles. The Kier molecular flexibility index (Phi) is 8.99. The lowest BCUT2D eigenvalue weighted by Gasteiger charge is -2.19. The minimum atomic E-state index is -3.57. The molecule has 0 bridgehead atoms. The smallest absolute Gasteiger partial charge is 0.354 e. The van der Waals surface area contributed by atoms with E-state index in [1.165, 1.54) is 0 Å². The molecule has 204 valence electrons. The van der Waals surface area contributed by atoms with Crippen molar-refractivity contribution in [3.8, 4) is 0 Å². The van der Waals surface area contributed by atoms with Gasteiger partial charge in [-0.1, -0.05) is 30.3 Å². The highest BCUT2D eigenvalue weighted by Crippen LogP contribution is 2.48. The number of rotatable bonds is 11. The van der Waals surface area contributed by atoms with Crippen LogP contribution in [-0.2, 0) is 23.2 Å². The first-order valence-electron chi connectivity index (χ1n) is 12.8. The van der Waals surface area contributed by atoms with Crippen LogP contribution in [-0.4, -0.2) is 38.6 Å². The predicted molar refractivity (Wildman–Crippen MR) is 156 cm³/mol. The van der Waals surface area contributed by atoms with Crippen molar-refractivity contribution < 1.29 is 23.2 Å². The summed E-state index contributed by atoms with van der Waals surface area (Å²) in [6, 6.07) is 21.9. The van der Waals surface area contributed by atoms with E-state index in [0.29, 0.717) is 27.8 Å². The molecule has 0 saturated heterocycles. The number of nitrogens with one attached hydrogen (secondary N) is 2. The van der Waals surface area contributed by atoms with Crippen LogP contribution in [0, 0.1) is 0 Å². The molecule has 4 N–H and O–H groups in total. The Labute approximate surface area is 228 Å². The van der Waals surface area contributed by atoms with Gasteiger partial charge in [0, 0.05) is 42.6 Å². The Morgan fingerprint density at radius 2 is 1.67 bits per heavy atom. The molecule has 2 amide bonds. The van der Waals surface area contributed by atoms with Gasteiger partial charge in [-0.25, -0.2) is 0 Å². The Morgan fingerprint density at radius 3 is 2.28 bits per heavy atom. The Bertz CT molecular complexity index is 1410. The second-order valence-corrected chi connectivity index (χ2v) is 10.8. The summed E-state index contributed by atoms with van der Waals surface area (Å²) < 4.78 is 24.6. The fraction of sp³-hybridized carbons (Fsp3) is 0.241. The van der Waals surface area contributed by atoms with E-state index in [9.17, 15) is 14.2 Å². The van der Waals surface area contributed by atoms with Crippen LogP contribution in [0.1, 0.15) is 31.4 Å². The number of benzene rings is 3. The van der Waals surface area contributed by atoms with Crippen molar-refractivity contribution in [2.24, 2.45) is 5.73 Å². The second kappa shape index (κ2) is 12.4. The molecule has 3 aromatic carbocycles. The zero-order chi connectivity index (χ0) is 28.0. The molecule has 0 radical (unpaired) electrons. The second-order valence-electron chi connectivity index (χ2n) is 8.80. The van der Waals surface area contributed by atoms with Crippen molar-refractivity contribution in [2.75, 3.05) is 42.3 Å². The largest absolute Gasteiger partial charge is 0.361 e. The Hall–Kier alpha value is -3.75. The number of hydrogen-bond acceptors (Lipinski definition) is 7. The fourth-order valence-electron chi connectivity index (χ4n) is 4.33. The molecule has 0 fully saturated rings. The number of amides is 2. The van der Waals surface area contributed by atoms with Crippen molar-refractivity contribution in [3.05, 3.63) is 83.9 Å². The molecule has 0 unspecified atom stereocenters. The molecular formula is C29H33N4O5P. The molecular weight excluding hydrogens is 515 g/mol. The molecule has 10 heteroatoms. The first-order valence-corrected chi connectivity index (χ1v) is 14.3. The average Bonchev–Trinajstić information content (AvgIpc) is 3.27. The molecule has 0 atom stereocenters. The van der Waals surface area contributed by atoms with E-state index < -0.39 is 7.60 Å². The van der Waals surface area contributed by atoms with Gasteiger partial charge in [-0.3, -0.25) is 14.2 Å². The van der Waals surface area contributed by atoms with E-state index in [0.717, 1.165) is 16.9 Å². The van der Waals surface area contributed by atoms with Crippen LogP contribution < -0.4 is 26.6 Å². The van der Waals surface area contributed by atoms with Gasteiger partial charge in [0.2, 0.25) is 5.91 Å². The van der Waals surface area contributed by atoms with Crippen LogP contribution >= 0.6 is 7.60 Å². The SMILES string of the molecule is CCOP(=O)(OCC)c1ccc2c(c1)C(=C(Nc1ccc(N(C)C(=O)CCN)cc1)c1ccccc1)C(=O)N2. The van der Waals surface area contributed by atoms with Gasteiger partial charge in [-0.05, 0) is 61.9 Å². The van der Waals surface area contributed by atoms with Gasteiger partial charge in [0.1, 0.15) is 0 Å². The predicted octanol–water partition coefficient (Wildman–Crippen LogP) is 4.82. The lowest BCUT2D eigenvalue weighted by Crippen LogP contribution is -2.27. The number of fused-ring (bicyclic) bond motifs is 1. The van der Waals surface area contributed by atoms with Gasteiger partial charge in [0.25, 0.3) is 5.91 Å². The van der Waals surface area contributed by atoms with Crippen molar-refractivity contribution >= 4 is 53.0 Å². The normalized spacial score (nSPS) is 14.0. The lowest BCUT2D eigenvalue weighted by atomic mass is 10.00. The summed E-state index contributed by atoms with van der Waals surface area (Å²) >= 11 is 0. The minimum absolute atomic E-state index is 0.0725. The van der Waals surface area contributed by atoms with Crippen molar-refractivity contribution in [1.82, 2.24) is 0 Å². The topological polar surface area (TPSA) is 123 Å². The maximum Gasteiger partial charge on any atom is 0.361 e. The van der Waals surface area contributed by atoms with E-state index in [4.69, 9.17) is 14.8 Å². The van der Waals surface area contributed by atoms with Gasteiger partial charge >= 0.3 is 7.60 Å². The summed E-state index contributed by atoms with van der Waals surface area (Å²) in [5.74, 6) is -0.364. The third-order valence-corrected chi connectivity index (χ3v) is 8.34. The first-order chi connectivity index (χ1) is 18.8. The number of nitrogens with zero attached hydrogens (tertiary/aromatic N) is 1. The van der Waals surface area contributed by atoms with Gasteiger partial charge in [-0.15, -0.1) is 0 Å². The number of hydrogen-bond donors (Lipinski definition) is 3. The third-order valence-electron chi connectivity index (χ3n) is 6.23. The zero-order valence-electron chi connectivity index (χ0n) is 22.3. The summed E-state index contributed by atoms with van der Waals surface area (Å²) in [5, 5.41) is 6.69. The molecule has 0 saturated carbocycles. The molecule has 0 spiro atoms. The molecule has 1 aliphatic rings. The molecule has 3 aromatic rings. The molecule has 0 aromatic heterocycles. The Morgan fingerprint density at radius 1 is 1.00 bits per heavy atom. The summed E-state index contributed by atoms with van der Waals surface area (Å²) in [7, 11) is -1.86. The fourth-order valence-corrected chi connectivity index (χ4v) is 5.93. The van der Waals surface area contributed by atoms with Gasteiger partial charge in [0.15, 0.2) is 0 Å². The standard InChI is InChI=1S/C29H33N4O5P/c1-4-37-39(36,38-5-2)23-15-16-25-24(19-23)27(29(35)32-25)28(20-9-7-6-8-10-20)31-21-11-13-22(14-12-21)33(3)26(34)17-18-30/h6-16,19,31H,4-5,17-18,30H2,1-3H3,(H,32,35). The van der Waals surface area contributed by atoms with Crippen LogP contribution in [0.4, 0.5) is 17.1 Å². The molecule has 39 heavy (non-hydrogen) atoms. The maximum atomic E-state index is 13.5. The summed E-state index contributed by atoms with van der Waals surface area (Å²) in [6.07, 6.45) is 0.261. The summed E-state index contributed by atoms with van der Waals surface area (Å²) in [6.45, 7) is 4.23. The van der Waals surface area contributed by atoms with Crippen LogP contribution in [0.2, 0.25) is 0 Å². The lowest BCUT2D eigenvalue weighted by molar-refractivity contribution is -0.118. The number of carbonyl (C=O) groups is 2. The highest BCUT2D eigenvalue weighted by molar-refractivity contribution is 7.62. The van der Waals surface area contributed by atoms with Crippen LogP contribution in [0.5, 0.6) is 0 Å². The molecule has 1 heterocycles. The highest BCUT2D eigenvalue weighted by atomic mass is 31.2. The number of nitrogens with two attached hydrogens (primary N) is 1. The molecule has 9 nitrogen and oxygen atoms in total. The minimum Gasteiger partial charge on any atom is -0.354 e. The zero-order valence-corrected chi connectivity index (χ0v) is 23.2. The Balaban J connectivity index is 1.79. The van der Waals surface area contributed by atoms with Gasteiger partial charge in [-0.2, -0.15) is 0 Å². The van der Waals surface area contributed by atoms with Gasteiger partial charge in [0.05, 0.1) is 29.8 Å². The highest BCUT2D eigenvalue weighted by Gasteiger charge is 2.33. The summed E-state index contributed by atoms with van der Waals surface area (Å²) in [4.78, 5) is 27.1. The van der Waals surface area contributed by atoms with Crippen LogP contribution in [0.25, 0.3) is 11.3 Å². The maximum absolute atomic E-state index is 13.5.